The molecule has 0 amide bonds. The molecule has 0 saturated carbocycles. The minimum absolute atomic E-state index is 0.125. The van der Waals surface area contributed by atoms with Gasteiger partial charge in [0.15, 0.2) is 0 Å². The molecule has 9 nitrogen and oxygen atoms in total. The van der Waals surface area contributed by atoms with Gasteiger partial charge in [-0.15, -0.1) is 10.1 Å². The van der Waals surface area contributed by atoms with Gasteiger partial charge in [-0.05, 0) is 6.42 Å². The molecular weight excluding hydrogens is 224 g/mol. The van der Waals surface area contributed by atoms with E-state index in [2.05, 4.69) is 0 Å². The SMILES string of the molecule is CCC[C@H](N)C(=O)O.O=[N+]([O-])O.OCCO. The fourth-order valence-electron chi connectivity index (χ4n) is 0.434. The van der Waals surface area contributed by atoms with Crippen molar-refractivity contribution in [3.05, 3.63) is 10.1 Å². The van der Waals surface area contributed by atoms with Crippen LogP contribution in [0, 0.1) is 10.1 Å². The Hall–Kier alpha value is -1.45. The Labute approximate surface area is 92.2 Å². The molecule has 0 heterocycles. The lowest BCUT2D eigenvalue weighted by Gasteiger charge is -2.00. The Morgan fingerprint density at radius 3 is 1.81 bits per heavy atom. The van der Waals surface area contributed by atoms with Gasteiger partial charge in [0, 0.05) is 0 Å². The Bertz CT molecular complexity index is 170. The first kappa shape index (κ1) is 20.0. The number of rotatable bonds is 4. The second kappa shape index (κ2) is 16.0. The zero-order valence-electron chi connectivity index (χ0n) is 8.94. The zero-order chi connectivity index (χ0) is 13.6. The summed E-state index contributed by atoms with van der Waals surface area (Å²) in [6.45, 7) is 1.66. The van der Waals surface area contributed by atoms with Crippen LogP contribution in [0.2, 0.25) is 0 Å². The van der Waals surface area contributed by atoms with Crippen LogP contribution >= 0.6 is 0 Å². The van der Waals surface area contributed by atoms with E-state index >= 15 is 0 Å². The monoisotopic (exact) mass is 242 g/mol. The van der Waals surface area contributed by atoms with Crippen molar-refractivity contribution in [1.29, 1.82) is 0 Å². The average molecular weight is 242 g/mol. The number of aliphatic hydroxyl groups is 2. The first-order valence-corrected chi connectivity index (χ1v) is 4.36. The Morgan fingerprint density at radius 2 is 1.75 bits per heavy atom. The molecule has 0 aliphatic carbocycles. The van der Waals surface area contributed by atoms with E-state index in [1.807, 2.05) is 6.92 Å². The molecule has 0 rings (SSSR count). The molecule has 1 atom stereocenters. The fraction of sp³-hybridized carbons (Fsp3) is 0.857. The lowest BCUT2D eigenvalue weighted by atomic mass is 10.2. The van der Waals surface area contributed by atoms with Gasteiger partial charge in [0.1, 0.15) is 6.04 Å². The quantitative estimate of drug-likeness (QED) is 0.303. The summed E-state index contributed by atoms with van der Waals surface area (Å²) in [6, 6.07) is -0.667. The maximum absolute atomic E-state index is 9.96. The Balaban J connectivity index is -0.000000179. The molecule has 0 spiro atoms. The fourth-order valence-corrected chi connectivity index (χ4v) is 0.434. The molecule has 0 radical (unpaired) electrons. The van der Waals surface area contributed by atoms with Crippen molar-refractivity contribution in [3.63, 3.8) is 0 Å². The number of aliphatic carboxylic acids is 1. The van der Waals surface area contributed by atoms with Gasteiger partial charge in [-0.3, -0.25) is 4.79 Å². The highest BCUT2D eigenvalue weighted by atomic mass is 16.9. The molecule has 6 N–H and O–H groups in total. The summed E-state index contributed by atoms with van der Waals surface area (Å²) < 4.78 is 0. The number of carboxylic acids is 1. The highest BCUT2D eigenvalue weighted by molar-refractivity contribution is 5.72. The van der Waals surface area contributed by atoms with Crippen LogP contribution in [0.1, 0.15) is 19.8 Å². The molecule has 0 aromatic heterocycles. The molecule has 0 unspecified atom stereocenters. The first-order chi connectivity index (χ1) is 7.33. The van der Waals surface area contributed by atoms with Crippen LogP contribution in [0.5, 0.6) is 0 Å². The van der Waals surface area contributed by atoms with Gasteiger partial charge in [-0.25, -0.2) is 0 Å². The highest BCUT2D eigenvalue weighted by Gasteiger charge is 2.07. The van der Waals surface area contributed by atoms with Crippen LogP contribution in [0.4, 0.5) is 0 Å². The lowest BCUT2D eigenvalue weighted by Crippen LogP contribution is -2.29. The predicted octanol–water partition coefficient (Wildman–Crippen LogP) is -1.18. The number of nitrogens with two attached hydrogens (primary N) is 1. The average Bonchev–Trinajstić information content (AvgIpc) is 2.17. The first-order valence-electron chi connectivity index (χ1n) is 4.36. The third-order valence-electron chi connectivity index (χ3n) is 1.02. The number of aliphatic hydroxyl groups excluding tert-OH is 2. The minimum Gasteiger partial charge on any atom is -0.480 e. The molecule has 9 heteroatoms. The maximum Gasteiger partial charge on any atom is 0.320 e. The van der Waals surface area contributed by atoms with Gasteiger partial charge in [-0.2, -0.15) is 0 Å². The van der Waals surface area contributed by atoms with Gasteiger partial charge in [-0.1, -0.05) is 13.3 Å². The van der Waals surface area contributed by atoms with E-state index in [0.29, 0.717) is 6.42 Å². The summed E-state index contributed by atoms with van der Waals surface area (Å²) >= 11 is 0. The van der Waals surface area contributed by atoms with Gasteiger partial charge >= 0.3 is 5.97 Å². The summed E-state index contributed by atoms with van der Waals surface area (Å²) in [6.07, 6.45) is 1.39. The normalized spacial score (nSPS) is 10.0. The van der Waals surface area contributed by atoms with Crippen LogP contribution in [-0.4, -0.2) is 50.8 Å². The minimum atomic E-state index is -1.50. The maximum atomic E-state index is 9.96. The number of hydrogen-bond donors (Lipinski definition) is 5. The van der Waals surface area contributed by atoms with E-state index in [0.717, 1.165) is 6.42 Å². The molecule has 0 aromatic carbocycles. The van der Waals surface area contributed by atoms with Crippen molar-refractivity contribution in [3.8, 4) is 0 Å². The van der Waals surface area contributed by atoms with Gasteiger partial charge in [0.05, 0.1) is 13.2 Å². The van der Waals surface area contributed by atoms with E-state index in [1.165, 1.54) is 0 Å². The van der Waals surface area contributed by atoms with Crippen molar-refractivity contribution in [1.82, 2.24) is 0 Å². The number of hydrogen-bond acceptors (Lipinski definition) is 6. The smallest absolute Gasteiger partial charge is 0.320 e. The summed E-state index contributed by atoms with van der Waals surface area (Å²) in [4.78, 5) is 18.3. The number of nitrogens with zero attached hydrogens (tertiary/aromatic N) is 1. The predicted molar refractivity (Wildman–Crippen MR) is 53.5 cm³/mol. The molecule has 0 aliphatic rings. The number of carboxylic acid groups (broad SMARTS) is 1. The molecule has 16 heavy (non-hydrogen) atoms. The van der Waals surface area contributed by atoms with E-state index in [1.54, 1.807) is 0 Å². The van der Waals surface area contributed by atoms with E-state index < -0.39 is 17.1 Å². The summed E-state index contributed by atoms with van der Waals surface area (Å²) in [5.41, 5.74) is 5.13. The third kappa shape index (κ3) is 39.0. The van der Waals surface area contributed by atoms with Crippen LogP contribution in [0.3, 0.4) is 0 Å². The topological polar surface area (TPSA) is 167 Å². The van der Waals surface area contributed by atoms with Crippen LogP contribution in [0.15, 0.2) is 0 Å². The molecule has 0 saturated heterocycles. The van der Waals surface area contributed by atoms with Crippen LogP contribution in [-0.2, 0) is 4.79 Å². The van der Waals surface area contributed by atoms with Crippen molar-refractivity contribution in [2.75, 3.05) is 13.2 Å². The molecule has 0 bridgehead atoms. The Kier molecular flexibility index (Phi) is 20.0. The van der Waals surface area contributed by atoms with Crippen molar-refractivity contribution < 1.29 is 30.4 Å². The van der Waals surface area contributed by atoms with Crippen molar-refractivity contribution in [2.24, 2.45) is 5.73 Å². The third-order valence-corrected chi connectivity index (χ3v) is 1.02. The molecule has 0 aliphatic heterocycles. The standard InChI is InChI=1S/C5H11NO2.C2H6O2.HNO3/c1-2-3-4(6)5(7)8;3-1-2-4;2-1(3)4/h4H,2-3,6H2,1H3,(H,7,8);3-4H,1-2H2;(H,2,3,4)/t4-;;/m0../s1. The lowest BCUT2D eigenvalue weighted by molar-refractivity contribution is -0.742. The van der Waals surface area contributed by atoms with E-state index in [9.17, 15) is 4.79 Å². The molecule has 98 valence electrons. The summed E-state index contributed by atoms with van der Waals surface area (Å²) in [5, 5.41) is 37.1. The van der Waals surface area contributed by atoms with Crippen molar-refractivity contribution in [2.45, 2.75) is 25.8 Å². The van der Waals surface area contributed by atoms with E-state index in [-0.39, 0.29) is 13.2 Å². The molecule has 0 fully saturated rings. The van der Waals surface area contributed by atoms with Crippen LogP contribution in [0.25, 0.3) is 0 Å². The largest absolute Gasteiger partial charge is 0.480 e. The van der Waals surface area contributed by atoms with Crippen molar-refractivity contribution >= 4 is 5.97 Å². The van der Waals surface area contributed by atoms with Gasteiger partial charge < -0.3 is 26.3 Å². The summed E-state index contributed by atoms with van der Waals surface area (Å²) in [5.74, 6) is -0.910. The second-order valence-electron chi connectivity index (χ2n) is 2.42. The van der Waals surface area contributed by atoms with Gasteiger partial charge in [0.25, 0.3) is 5.09 Å². The Morgan fingerprint density at radius 1 is 1.44 bits per heavy atom. The molecular formula is C7H18N2O7. The second-order valence-corrected chi connectivity index (χ2v) is 2.42. The highest BCUT2D eigenvalue weighted by Crippen LogP contribution is 1.91. The zero-order valence-corrected chi connectivity index (χ0v) is 8.94. The molecule has 0 aromatic rings. The number of carbonyl (C=O) groups is 1. The summed E-state index contributed by atoms with van der Waals surface area (Å²) in [7, 11) is 0. The van der Waals surface area contributed by atoms with E-state index in [4.69, 9.17) is 36.4 Å². The van der Waals surface area contributed by atoms with Gasteiger partial charge in [0.2, 0.25) is 0 Å². The van der Waals surface area contributed by atoms with Crippen LogP contribution < -0.4 is 5.73 Å².